The number of hydrogen-bond donors (Lipinski definition) is 1. The number of amides is 2. The highest BCUT2D eigenvalue weighted by Crippen LogP contribution is 2.45. The normalized spacial score (nSPS) is 16.3. The van der Waals surface area contributed by atoms with Crippen LogP contribution in [0.5, 0.6) is 0 Å². The maximum absolute atomic E-state index is 13.1. The van der Waals surface area contributed by atoms with Crippen LogP contribution in [0.15, 0.2) is 83.8 Å². The molecule has 0 radical (unpaired) electrons. The highest BCUT2D eigenvalue weighted by molar-refractivity contribution is 7.99. The summed E-state index contributed by atoms with van der Waals surface area (Å²) in [7, 11) is 0. The van der Waals surface area contributed by atoms with Gasteiger partial charge >= 0.3 is 6.18 Å². The van der Waals surface area contributed by atoms with Gasteiger partial charge in [-0.15, -0.1) is 11.8 Å². The average Bonchev–Trinajstić information content (AvgIpc) is 2.91. The first-order valence-electron chi connectivity index (χ1n) is 9.89. The zero-order valence-corrected chi connectivity index (χ0v) is 17.6. The summed E-state index contributed by atoms with van der Waals surface area (Å²) in [4.78, 5) is 28.0. The number of hydrogen-bond acceptors (Lipinski definition) is 3. The van der Waals surface area contributed by atoms with Crippen molar-refractivity contribution < 1.29 is 22.8 Å². The summed E-state index contributed by atoms with van der Waals surface area (Å²) in [6, 6.07) is 21.4. The fourth-order valence-electron chi connectivity index (χ4n) is 3.52. The number of halogens is 3. The van der Waals surface area contributed by atoms with E-state index in [1.165, 1.54) is 17.0 Å². The second-order valence-electron chi connectivity index (χ2n) is 7.30. The van der Waals surface area contributed by atoms with Crippen LogP contribution < -0.4 is 10.2 Å². The largest absolute Gasteiger partial charge is 0.416 e. The number of rotatable bonds is 4. The zero-order chi connectivity index (χ0) is 22.7. The number of thioether (sulfide) groups is 1. The van der Waals surface area contributed by atoms with Crippen LogP contribution in [0.4, 0.5) is 24.5 Å². The van der Waals surface area contributed by atoms with Crippen molar-refractivity contribution in [3.63, 3.8) is 0 Å². The number of carbonyl (C=O) groups is 2. The number of para-hydroxylation sites is 1. The van der Waals surface area contributed by atoms with E-state index in [1.54, 1.807) is 23.9 Å². The molecule has 0 bridgehead atoms. The molecule has 4 rings (SSSR count). The molecule has 0 fully saturated rings. The van der Waals surface area contributed by atoms with Gasteiger partial charge in [0.1, 0.15) is 6.54 Å². The lowest BCUT2D eigenvalue weighted by molar-refractivity contribution is -0.137. The predicted molar refractivity (Wildman–Crippen MR) is 119 cm³/mol. The molecule has 0 aromatic heterocycles. The quantitative estimate of drug-likeness (QED) is 0.531. The molecule has 164 valence electrons. The van der Waals surface area contributed by atoms with Gasteiger partial charge in [0, 0.05) is 22.3 Å². The predicted octanol–water partition coefficient (Wildman–Crippen LogP) is 5.91. The molecule has 2 amide bonds. The van der Waals surface area contributed by atoms with E-state index in [-0.39, 0.29) is 29.8 Å². The van der Waals surface area contributed by atoms with Crippen molar-refractivity contribution >= 4 is 35.0 Å². The van der Waals surface area contributed by atoms with Gasteiger partial charge < -0.3 is 10.2 Å². The summed E-state index contributed by atoms with van der Waals surface area (Å²) in [6.45, 7) is -0.297. The van der Waals surface area contributed by atoms with Gasteiger partial charge in [0.05, 0.1) is 11.3 Å². The molecule has 1 aliphatic rings. The highest BCUT2D eigenvalue weighted by atomic mass is 32.2. The maximum atomic E-state index is 13.1. The van der Waals surface area contributed by atoms with Crippen LogP contribution >= 0.6 is 11.8 Å². The Balaban J connectivity index is 1.56. The third kappa shape index (κ3) is 4.96. The van der Waals surface area contributed by atoms with E-state index in [0.29, 0.717) is 5.69 Å². The SMILES string of the molecule is O=C(CN1C(=O)C[C@@H](c2ccccc2)Sc2ccccc21)Nc1cccc(C(F)(F)F)c1. The summed E-state index contributed by atoms with van der Waals surface area (Å²) >= 11 is 1.55. The summed E-state index contributed by atoms with van der Waals surface area (Å²) in [6.07, 6.45) is -4.32. The number of nitrogens with one attached hydrogen (secondary N) is 1. The average molecular weight is 456 g/mol. The minimum Gasteiger partial charge on any atom is -0.325 e. The smallest absolute Gasteiger partial charge is 0.325 e. The molecule has 8 heteroatoms. The summed E-state index contributed by atoms with van der Waals surface area (Å²) in [5.74, 6) is -0.800. The molecule has 1 N–H and O–H groups in total. The van der Waals surface area contributed by atoms with E-state index in [2.05, 4.69) is 5.32 Å². The first-order chi connectivity index (χ1) is 15.3. The molecule has 0 saturated carbocycles. The van der Waals surface area contributed by atoms with Crippen LogP contribution in [0.2, 0.25) is 0 Å². The van der Waals surface area contributed by atoms with E-state index in [0.717, 1.165) is 22.6 Å². The third-order valence-electron chi connectivity index (χ3n) is 5.03. The monoisotopic (exact) mass is 456 g/mol. The topological polar surface area (TPSA) is 49.4 Å². The van der Waals surface area contributed by atoms with Gasteiger partial charge in [-0.3, -0.25) is 9.59 Å². The highest BCUT2D eigenvalue weighted by Gasteiger charge is 2.32. The van der Waals surface area contributed by atoms with Crippen LogP contribution in [0.1, 0.15) is 22.8 Å². The van der Waals surface area contributed by atoms with Crippen molar-refractivity contribution in [2.45, 2.75) is 22.7 Å². The Bertz CT molecular complexity index is 1140. The van der Waals surface area contributed by atoms with Crippen molar-refractivity contribution in [3.05, 3.63) is 90.0 Å². The van der Waals surface area contributed by atoms with Crippen molar-refractivity contribution in [1.82, 2.24) is 0 Å². The molecule has 3 aromatic carbocycles. The molecule has 4 nitrogen and oxygen atoms in total. The molecule has 1 heterocycles. The lowest BCUT2D eigenvalue weighted by Crippen LogP contribution is -2.38. The lowest BCUT2D eigenvalue weighted by Gasteiger charge is -2.22. The van der Waals surface area contributed by atoms with Crippen molar-refractivity contribution in [2.24, 2.45) is 0 Å². The Morgan fingerprint density at radius 2 is 1.72 bits per heavy atom. The molecule has 0 aliphatic carbocycles. The molecule has 0 unspecified atom stereocenters. The van der Waals surface area contributed by atoms with E-state index in [1.807, 2.05) is 42.5 Å². The van der Waals surface area contributed by atoms with Crippen LogP contribution in [-0.2, 0) is 15.8 Å². The van der Waals surface area contributed by atoms with Gasteiger partial charge in [0.2, 0.25) is 11.8 Å². The van der Waals surface area contributed by atoms with Gasteiger partial charge in [-0.05, 0) is 35.9 Å². The van der Waals surface area contributed by atoms with Crippen LogP contribution in [0.3, 0.4) is 0 Å². The molecule has 1 atom stereocenters. The molecule has 32 heavy (non-hydrogen) atoms. The van der Waals surface area contributed by atoms with Crippen molar-refractivity contribution in [3.8, 4) is 0 Å². The van der Waals surface area contributed by atoms with Crippen molar-refractivity contribution in [2.75, 3.05) is 16.8 Å². The molecular formula is C24H19F3N2O2S. The molecule has 1 aliphatic heterocycles. The first kappa shape index (κ1) is 22.0. The van der Waals surface area contributed by atoms with Gasteiger partial charge in [-0.1, -0.05) is 48.5 Å². The third-order valence-corrected chi connectivity index (χ3v) is 6.36. The minimum atomic E-state index is -4.51. The van der Waals surface area contributed by atoms with Crippen LogP contribution in [0, 0.1) is 0 Å². The first-order valence-corrected chi connectivity index (χ1v) is 10.8. The number of anilines is 2. The van der Waals surface area contributed by atoms with Gasteiger partial charge in [0.25, 0.3) is 0 Å². The Hall–Kier alpha value is -3.26. The lowest BCUT2D eigenvalue weighted by atomic mass is 10.1. The summed E-state index contributed by atoms with van der Waals surface area (Å²) in [5, 5.41) is 2.37. The zero-order valence-electron chi connectivity index (χ0n) is 16.8. The van der Waals surface area contributed by atoms with E-state index >= 15 is 0 Å². The maximum Gasteiger partial charge on any atom is 0.416 e. The van der Waals surface area contributed by atoms with Crippen LogP contribution in [0.25, 0.3) is 0 Å². The Morgan fingerprint density at radius 1 is 1.00 bits per heavy atom. The number of benzene rings is 3. The molecule has 3 aromatic rings. The van der Waals surface area contributed by atoms with E-state index in [9.17, 15) is 22.8 Å². The van der Waals surface area contributed by atoms with E-state index < -0.39 is 17.6 Å². The number of carbonyl (C=O) groups excluding carboxylic acids is 2. The second-order valence-corrected chi connectivity index (χ2v) is 8.54. The number of nitrogens with zero attached hydrogens (tertiary/aromatic N) is 1. The Labute approximate surface area is 187 Å². The molecule has 0 saturated heterocycles. The summed E-state index contributed by atoms with van der Waals surface area (Å²) < 4.78 is 38.8. The van der Waals surface area contributed by atoms with Gasteiger partial charge in [-0.25, -0.2) is 0 Å². The fourth-order valence-corrected chi connectivity index (χ4v) is 4.80. The molecule has 0 spiro atoms. The summed E-state index contributed by atoms with van der Waals surface area (Å²) in [5.41, 5.74) is 0.793. The van der Waals surface area contributed by atoms with E-state index in [4.69, 9.17) is 0 Å². The van der Waals surface area contributed by atoms with Crippen LogP contribution in [-0.4, -0.2) is 18.4 Å². The second kappa shape index (κ2) is 9.08. The Kier molecular flexibility index (Phi) is 6.23. The van der Waals surface area contributed by atoms with Gasteiger partial charge in [0.15, 0.2) is 0 Å². The minimum absolute atomic E-state index is 0.0249. The fraction of sp³-hybridized carbons (Fsp3) is 0.167. The number of fused-ring (bicyclic) bond motifs is 1. The van der Waals surface area contributed by atoms with Gasteiger partial charge in [-0.2, -0.15) is 13.2 Å². The standard InChI is InChI=1S/C24H19F3N2O2S/c25-24(26,27)17-9-6-10-18(13-17)28-22(30)15-29-19-11-4-5-12-20(19)32-21(14-23(29)31)16-7-2-1-3-8-16/h1-13,21H,14-15H2,(H,28,30)/t21-/m0/s1. The Morgan fingerprint density at radius 3 is 2.47 bits per heavy atom. The van der Waals surface area contributed by atoms with Crippen molar-refractivity contribution in [1.29, 1.82) is 0 Å². The molecular weight excluding hydrogens is 437 g/mol. The number of alkyl halides is 3.